The van der Waals surface area contributed by atoms with Crippen LogP contribution in [0.15, 0.2) is 42.6 Å². The maximum atomic E-state index is 14.1. The van der Waals surface area contributed by atoms with Crippen molar-refractivity contribution in [3.05, 3.63) is 65.2 Å². The van der Waals surface area contributed by atoms with Crippen molar-refractivity contribution >= 4 is 0 Å². The summed E-state index contributed by atoms with van der Waals surface area (Å²) in [5.41, 5.74) is 3.69. The summed E-state index contributed by atoms with van der Waals surface area (Å²) in [7, 11) is 0. The summed E-state index contributed by atoms with van der Waals surface area (Å²) in [6.45, 7) is 3.83. The molecule has 0 radical (unpaired) electrons. The van der Waals surface area contributed by atoms with Gasteiger partial charge in [-0.1, -0.05) is 6.07 Å². The fourth-order valence-corrected chi connectivity index (χ4v) is 3.44. The molecule has 3 aromatic rings. The quantitative estimate of drug-likeness (QED) is 0.606. The van der Waals surface area contributed by atoms with E-state index in [0.29, 0.717) is 19.6 Å². The van der Waals surface area contributed by atoms with Gasteiger partial charge in [-0.15, -0.1) is 13.2 Å². The average Bonchev–Trinajstić information content (AvgIpc) is 3.07. The monoisotopic (exact) mass is 406 g/mol. The van der Waals surface area contributed by atoms with E-state index in [0.717, 1.165) is 40.8 Å². The van der Waals surface area contributed by atoms with E-state index in [2.05, 4.69) is 14.8 Å². The van der Waals surface area contributed by atoms with E-state index < -0.39 is 17.9 Å². The number of rotatable bonds is 4. The minimum absolute atomic E-state index is 0.153. The molecule has 0 amide bonds. The second-order valence-electron chi connectivity index (χ2n) is 6.92. The molecule has 0 bridgehead atoms. The third-order valence-electron chi connectivity index (χ3n) is 4.77. The molecule has 1 aliphatic rings. The van der Waals surface area contributed by atoms with Gasteiger partial charge in [0.1, 0.15) is 17.3 Å². The van der Waals surface area contributed by atoms with Gasteiger partial charge < -0.3 is 4.74 Å². The summed E-state index contributed by atoms with van der Waals surface area (Å²) in [5.74, 6) is -0.993. The Labute approximate surface area is 164 Å². The van der Waals surface area contributed by atoms with Crippen molar-refractivity contribution in [2.75, 3.05) is 6.54 Å². The molecule has 0 aliphatic carbocycles. The summed E-state index contributed by atoms with van der Waals surface area (Å²) in [5, 5.41) is 4.60. The molecular formula is C20H18F4N4O. The normalized spacial score (nSPS) is 14.7. The minimum Gasteiger partial charge on any atom is -0.406 e. The molecule has 5 nitrogen and oxygen atoms in total. The van der Waals surface area contributed by atoms with Crippen molar-refractivity contribution in [1.29, 1.82) is 0 Å². The molecule has 152 valence electrons. The van der Waals surface area contributed by atoms with Crippen LogP contribution in [0.1, 0.15) is 16.8 Å². The largest absolute Gasteiger partial charge is 0.573 e. The Kier molecular flexibility index (Phi) is 4.99. The summed E-state index contributed by atoms with van der Waals surface area (Å²) in [6.07, 6.45) is -3.10. The summed E-state index contributed by atoms with van der Waals surface area (Å²) in [4.78, 5) is 6.34. The minimum atomic E-state index is -4.81. The third-order valence-corrected chi connectivity index (χ3v) is 4.77. The molecule has 0 unspecified atom stereocenters. The van der Waals surface area contributed by atoms with Gasteiger partial charge in [-0.25, -0.2) is 4.39 Å². The number of fused-ring (bicyclic) bond motifs is 1. The zero-order valence-electron chi connectivity index (χ0n) is 15.6. The van der Waals surface area contributed by atoms with Gasteiger partial charge in [0, 0.05) is 31.4 Å². The third kappa shape index (κ3) is 4.40. The number of aromatic nitrogens is 3. The van der Waals surface area contributed by atoms with Crippen LogP contribution < -0.4 is 4.74 Å². The molecule has 0 N–H and O–H groups in total. The Morgan fingerprint density at radius 3 is 2.72 bits per heavy atom. The molecule has 0 saturated carbocycles. The van der Waals surface area contributed by atoms with E-state index in [1.807, 2.05) is 34.7 Å². The zero-order chi connectivity index (χ0) is 20.6. The number of hydrogen-bond acceptors (Lipinski definition) is 4. The first-order chi connectivity index (χ1) is 13.8. The Hall–Kier alpha value is -2.94. The molecule has 1 aromatic carbocycles. The molecule has 0 atom stereocenters. The molecule has 0 saturated heterocycles. The fraction of sp³-hybridized carbons (Fsp3) is 0.300. The van der Waals surface area contributed by atoms with Gasteiger partial charge in [0.25, 0.3) is 0 Å². The van der Waals surface area contributed by atoms with Crippen molar-refractivity contribution in [3.8, 4) is 17.1 Å². The number of benzene rings is 1. The van der Waals surface area contributed by atoms with Crippen molar-refractivity contribution in [1.82, 2.24) is 19.7 Å². The number of alkyl halides is 3. The highest BCUT2D eigenvalue weighted by molar-refractivity contribution is 5.58. The summed E-state index contributed by atoms with van der Waals surface area (Å²) in [6, 6.07) is 8.83. The van der Waals surface area contributed by atoms with Gasteiger partial charge in [0.05, 0.1) is 17.9 Å². The number of halogens is 4. The average molecular weight is 406 g/mol. The standard InChI is InChI=1S/C20H18F4N4O/c1-13-3-2-6-25-19(13)18-10-15-12-27(7-8-28(15)26-18)11-14-9-16(4-5-17(14)21)29-20(22,23)24/h2-6,9-10H,7-8,11-12H2,1H3. The molecule has 0 spiro atoms. The first-order valence-corrected chi connectivity index (χ1v) is 9.04. The SMILES string of the molecule is Cc1cccnc1-c1cc2n(n1)CCN(Cc1cc(OC(F)(F)F)ccc1F)C2. The van der Waals surface area contributed by atoms with E-state index in [1.165, 1.54) is 0 Å². The first kappa shape index (κ1) is 19.4. The van der Waals surface area contributed by atoms with Gasteiger partial charge in [-0.2, -0.15) is 5.10 Å². The van der Waals surface area contributed by atoms with Crippen molar-refractivity contribution in [3.63, 3.8) is 0 Å². The maximum Gasteiger partial charge on any atom is 0.573 e. The Balaban J connectivity index is 1.51. The van der Waals surface area contributed by atoms with Crippen molar-refractivity contribution in [2.24, 2.45) is 0 Å². The Morgan fingerprint density at radius 1 is 1.14 bits per heavy atom. The lowest BCUT2D eigenvalue weighted by Gasteiger charge is -2.27. The van der Waals surface area contributed by atoms with Crippen molar-refractivity contribution < 1.29 is 22.3 Å². The predicted molar refractivity (Wildman–Crippen MR) is 97.4 cm³/mol. The second kappa shape index (κ2) is 7.47. The fourth-order valence-electron chi connectivity index (χ4n) is 3.44. The van der Waals surface area contributed by atoms with Gasteiger partial charge in [-0.3, -0.25) is 14.6 Å². The smallest absolute Gasteiger partial charge is 0.406 e. The van der Waals surface area contributed by atoms with Gasteiger partial charge in [-0.05, 0) is 42.8 Å². The van der Waals surface area contributed by atoms with Crippen LogP contribution in [0.25, 0.3) is 11.4 Å². The number of nitrogens with zero attached hydrogens (tertiary/aromatic N) is 4. The summed E-state index contributed by atoms with van der Waals surface area (Å²) >= 11 is 0. The first-order valence-electron chi connectivity index (χ1n) is 9.04. The van der Waals surface area contributed by atoms with E-state index in [-0.39, 0.29) is 12.1 Å². The second-order valence-corrected chi connectivity index (χ2v) is 6.92. The predicted octanol–water partition coefficient (Wildman–Crippen LogP) is 4.31. The Bertz CT molecular complexity index is 1030. The highest BCUT2D eigenvalue weighted by Crippen LogP contribution is 2.27. The van der Waals surface area contributed by atoms with E-state index >= 15 is 0 Å². The number of aryl methyl sites for hydroxylation is 1. The lowest BCUT2D eigenvalue weighted by Crippen LogP contribution is -2.33. The van der Waals surface area contributed by atoms with Crippen molar-refractivity contribution in [2.45, 2.75) is 32.9 Å². The zero-order valence-corrected chi connectivity index (χ0v) is 15.6. The van der Waals surface area contributed by atoms with Crippen LogP contribution in [-0.4, -0.2) is 32.6 Å². The molecule has 9 heteroatoms. The molecule has 3 heterocycles. The van der Waals surface area contributed by atoms with E-state index in [9.17, 15) is 17.6 Å². The number of pyridine rings is 1. The van der Waals surface area contributed by atoms with Crippen LogP contribution in [0.4, 0.5) is 17.6 Å². The van der Waals surface area contributed by atoms with Crippen LogP contribution >= 0.6 is 0 Å². The van der Waals surface area contributed by atoms with Crippen LogP contribution in [0.5, 0.6) is 5.75 Å². The van der Waals surface area contributed by atoms with Crippen LogP contribution in [0, 0.1) is 12.7 Å². The molecule has 29 heavy (non-hydrogen) atoms. The molecule has 2 aromatic heterocycles. The topological polar surface area (TPSA) is 43.2 Å². The van der Waals surface area contributed by atoms with Crippen LogP contribution in [0.2, 0.25) is 0 Å². The number of hydrogen-bond donors (Lipinski definition) is 0. The lowest BCUT2D eigenvalue weighted by molar-refractivity contribution is -0.274. The van der Waals surface area contributed by atoms with Crippen LogP contribution in [0.3, 0.4) is 0 Å². The van der Waals surface area contributed by atoms with Gasteiger partial charge >= 0.3 is 6.36 Å². The van der Waals surface area contributed by atoms with Gasteiger partial charge in [0.15, 0.2) is 0 Å². The number of ether oxygens (including phenoxy) is 1. The molecule has 1 aliphatic heterocycles. The van der Waals surface area contributed by atoms with Gasteiger partial charge in [0.2, 0.25) is 0 Å². The lowest BCUT2D eigenvalue weighted by atomic mass is 10.1. The summed E-state index contributed by atoms with van der Waals surface area (Å²) < 4.78 is 57.2. The highest BCUT2D eigenvalue weighted by Gasteiger charge is 2.31. The Morgan fingerprint density at radius 2 is 1.97 bits per heavy atom. The van der Waals surface area contributed by atoms with E-state index in [4.69, 9.17) is 0 Å². The maximum absolute atomic E-state index is 14.1. The molecular weight excluding hydrogens is 388 g/mol. The van der Waals surface area contributed by atoms with E-state index in [1.54, 1.807) is 6.20 Å². The highest BCUT2D eigenvalue weighted by atomic mass is 19.4. The molecule has 4 rings (SSSR count). The van der Waals surface area contributed by atoms with Crippen LogP contribution in [-0.2, 0) is 19.6 Å². The molecule has 0 fully saturated rings.